The number of primary amides is 1. The molecule has 0 spiro atoms. The van der Waals surface area contributed by atoms with Crippen LogP contribution in [-0.2, 0) is 4.79 Å². The average Bonchev–Trinajstić information content (AvgIpc) is 2.30. The fourth-order valence-corrected chi connectivity index (χ4v) is 2.33. The molecular weight excluding hydrogens is 239 g/mol. The van der Waals surface area contributed by atoms with Crippen LogP contribution in [0.5, 0.6) is 0 Å². The summed E-state index contributed by atoms with van der Waals surface area (Å²) in [5, 5.41) is 3.03. The number of nitrogens with two attached hydrogens (primary N) is 1. The first-order chi connectivity index (χ1) is 8.13. The second kappa shape index (κ2) is 7.29. The van der Waals surface area contributed by atoms with Crippen LogP contribution >= 0.6 is 11.8 Å². The largest absolute Gasteiger partial charge is 0.368 e. The van der Waals surface area contributed by atoms with E-state index in [-0.39, 0.29) is 17.8 Å². The highest BCUT2D eigenvalue weighted by Gasteiger charge is 2.12. The highest BCUT2D eigenvalue weighted by molar-refractivity contribution is 7.99. The summed E-state index contributed by atoms with van der Waals surface area (Å²) in [6.07, 6.45) is 0.672. The van der Waals surface area contributed by atoms with Gasteiger partial charge in [0.25, 0.3) is 0 Å². The first-order valence-electron chi connectivity index (χ1n) is 5.54. The van der Waals surface area contributed by atoms with Crippen molar-refractivity contribution in [3.8, 4) is 0 Å². The number of benzene rings is 1. The summed E-state index contributed by atoms with van der Waals surface area (Å²) < 4.78 is 12.7. The van der Waals surface area contributed by atoms with Crippen molar-refractivity contribution in [3.05, 3.63) is 30.1 Å². The summed E-state index contributed by atoms with van der Waals surface area (Å²) in [6, 6.07) is 6.03. The van der Waals surface area contributed by atoms with Crippen LogP contribution in [0.25, 0.3) is 0 Å². The minimum atomic E-state index is -0.327. The Balaban J connectivity index is 2.35. The van der Waals surface area contributed by atoms with Crippen LogP contribution < -0.4 is 11.1 Å². The highest BCUT2D eigenvalue weighted by Crippen LogP contribution is 2.19. The van der Waals surface area contributed by atoms with Gasteiger partial charge < -0.3 is 11.1 Å². The van der Waals surface area contributed by atoms with Gasteiger partial charge in [-0.1, -0.05) is 6.92 Å². The molecule has 17 heavy (non-hydrogen) atoms. The molecule has 3 nitrogen and oxygen atoms in total. The maximum absolute atomic E-state index is 12.7. The van der Waals surface area contributed by atoms with Gasteiger partial charge in [-0.25, -0.2) is 4.39 Å². The van der Waals surface area contributed by atoms with E-state index in [2.05, 4.69) is 5.32 Å². The van der Waals surface area contributed by atoms with Crippen molar-refractivity contribution in [2.75, 3.05) is 12.3 Å². The molecule has 0 saturated heterocycles. The lowest BCUT2D eigenvalue weighted by atomic mass is 10.2. The zero-order valence-electron chi connectivity index (χ0n) is 9.78. The third kappa shape index (κ3) is 5.19. The minimum Gasteiger partial charge on any atom is -0.368 e. The SMILES string of the molecule is CCNC(CCSc1ccc(F)cc1)C(N)=O. The first-order valence-corrected chi connectivity index (χ1v) is 6.53. The molecule has 0 heterocycles. The van der Waals surface area contributed by atoms with E-state index in [1.807, 2.05) is 6.92 Å². The molecule has 1 rings (SSSR count). The molecule has 3 N–H and O–H groups in total. The van der Waals surface area contributed by atoms with Gasteiger partial charge in [-0.3, -0.25) is 4.79 Å². The normalized spacial score (nSPS) is 12.4. The number of hydrogen-bond acceptors (Lipinski definition) is 3. The number of amides is 1. The number of rotatable bonds is 7. The topological polar surface area (TPSA) is 55.1 Å². The van der Waals surface area contributed by atoms with Crippen LogP contribution in [0.1, 0.15) is 13.3 Å². The monoisotopic (exact) mass is 256 g/mol. The lowest BCUT2D eigenvalue weighted by Gasteiger charge is -2.13. The van der Waals surface area contributed by atoms with Crippen LogP contribution in [0.2, 0.25) is 0 Å². The second-order valence-electron chi connectivity index (χ2n) is 3.60. The maximum atomic E-state index is 12.7. The molecule has 0 fully saturated rings. The van der Waals surface area contributed by atoms with E-state index in [0.29, 0.717) is 6.42 Å². The Morgan fingerprint density at radius 1 is 1.47 bits per heavy atom. The van der Waals surface area contributed by atoms with Crippen LogP contribution in [0.3, 0.4) is 0 Å². The molecule has 0 aliphatic heterocycles. The Hall–Kier alpha value is -1.07. The van der Waals surface area contributed by atoms with E-state index in [0.717, 1.165) is 17.2 Å². The standard InChI is InChI=1S/C12H17FN2OS/c1-2-15-11(12(14)16)7-8-17-10-5-3-9(13)4-6-10/h3-6,11,15H,2,7-8H2,1H3,(H2,14,16). The number of likely N-dealkylation sites (N-methyl/N-ethyl adjacent to an activating group) is 1. The Labute approximate surface area is 105 Å². The predicted molar refractivity (Wildman–Crippen MR) is 68.4 cm³/mol. The fourth-order valence-electron chi connectivity index (χ4n) is 1.42. The molecule has 0 bridgehead atoms. The second-order valence-corrected chi connectivity index (χ2v) is 4.77. The van der Waals surface area contributed by atoms with Gasteiger partial charge >= 0.3 is 0 Å². The van der Waals surface area contributed by atoms with E-state index in [1.165, 1.54) is 12.1 Å². The number of nitrogens with one attached hydrogen (secondary N) is 1. The van der Waals surface area contributed by atoms with Gasteiger partial charge in [0, 0.05) is 4.90 Å². The first kappa shape index (κ1) is 14.0. The minimum absolute atomic E-state index is 0.239. The summed E-state index contributed by atoms with van der Waals surface area (Å²) in [4.78, 5) is 12.1. The average molecular weight is 256 g/mol. The smallest absolute Gasteiger partial charge is 0.234 e. The van der Waals surface area contributed by atoms with Crippen molar-refractivity contribution in [1.29, 1.82) is 0 Å². The number of carbonyl (C=O) groups is 1. The van der Waals surface area contributed by atoms with Gasteiger partial charge in [0.15, 0.2) is 0 Å². The van der Waals surface area contributed by atoms with Crippen LogP contribution in [0.4, 0.5) is 4.39 Å². The zero-order valence-corrected chi connectivity index (χ0v) is 10.6. The van der Waals surface area contributed by atoms with Crippen molar-refractivity contribution in [3.63, 3.8) is 0 Å². The fraction of sp³-hybridized carbons (Fsp3) is 0.417. The molecule has 1 aromatic carbocycles. The molecule has 0 aliphatic carbocycles. The summed E-state index contributed by atoms with van der Waals surface area (Å²) in [7, 11) is 0. The molecule has 0 aromatic heterocycles. The van der Waals surface area contributed by atoms with Crippen molar-refractivity contribution < 1.29 is 9.18 Å². The van der Waals surface area contributed by atoms with Crippen LogP contribution in [0.15, 0.2) is 29.2 Å². The Kier molecular flexibility index (Phi) is 6.00. The van der Waals surface area contributed by atoms with Crippen molar-refractivity contribution >= 4 is 17.7 Å². The van der Waals surface area contributed by atoms with E-state index in [1.54, 1.807) is 23.9 Å². The van der Waals surface area contributed by atoms with Crippen molar-refractivity contribution in [2.45, 2.75) is 24.3 Å². The number of thioether (sulfide) groups is 1. The molecule has 5 heteroatoms. The Bertz CT molecular complexity index is 356. The molecule has 0 aliphatic rings. The zero-order chi connectivity index (χ0) is 12.7. The molecule has 94 valence electrons. The van der Waals surface area contributed by atoms with Crippen LogP contribution in [0, 0.1) is 5.82 Å². The van der Waals surface area contributed by atoms with Crippen LogP contribution in [-0.4, -0.2) is 24.2 Å². The van der Waals surface area contributed by atoms with Gasteiger partial charge in [-0.15, -0.1) is 11.8 Å². The molecular formula is C12H17FN2OS. The van der Waals surface area contributed by atoms with Gasteiger partial charge in [0.2, 0.25) is 5.91 Å². The van der Waals surface area contributed by atoms with E-state index >= 15 is 0 Å². The molecule has 1 aromatic rings. The lowest BCUT2D eigenvalue weighted by molar-refractivity contribution is -0.120. The quantitative estimate of drug-likeness (QED) is 0.731. The van der Waals surface area contributed by atoms with Crippen molar-refractivity contribution in [1.82, 2.24) is 5.32 Å². The molecule has 0 saturated carbocycles. The Morgan fingerprint density at radius 2 is 2.12 bits per heavy atom. The number of halogens is 1. The van der Waals surface area contributed by atoms with E-state index in [4.69, 9.17) is 5.73 Å². The third-order valence-corrected chi connectivity index (χ3v) is 3.33. The Morgan fingerprint density at radius 3 is 2.65 bits per heavy atom. The van der Waals surface area contributed by atoms with Gasteiger partial charge in [0.1, 0.15) is 5.82 Å². The maximum Gasteiger partial charge on any atom is 0.234 e. The molecule has 0 radical (unpaired) electrons. The van der Waals surface area contributed by atoms with Gasteiger partial charge in [-0.05, 0) is 43.0 Å². The molecule has 1 amide bonds. The van der Waals surface area contributed by atoms with Gasteiger partial charge in [-0.2, -0.15) is 0 Å². The number of hydrogen-bond donors (Lipinski definition) is 2. The third-order valence-electron chi connectivity index (χ3n) is 2.28. The van der Waals surface area contributed by atoms with Crippen molar-refractivity contribution in [2.24, 2.45) is 5.73 Å². The predicted octanol–water partition coefficient (Wildman–Crippen LogP) is 1.77. The summed E-state index contributed by atoms with van der Waals surface area (Å²) in [6.45, 7) is 2.65. The van der Waals surface area contributed by atoms with E-state index < -0.39 is 0 Å². The molecule has 1 unspecified atom stereocenters. The summed E-state index contributed by atoms with van der Waals surface area (Å²) in [5.41, 5.74) is 5.26. The highest BCUT2D eigenvalue weighted by atomic mass is 32.2. The summed E-state index contributed by atoms with van der Waals surface area (Å²) in [5.74, 6) is 0.204. The number of carbonyl (C=O) groups excluding carboxylic acids is 1. The summed E-state index contributed by atoms with van der Waals surface area (Å²) >= 11 is 1.59. The molecule has 1 atom stereocenters. The lowest BCUT2D eigenvalue weighted by Crippen LogP contribution is -2.41. The van der Waals surface area contributed by atoms with E-state index in [9.17, 15) is 9.18 Å². The van der Waals surface area contributed by atoms with Gasteiger partial charge in [0.05, 0.1) is 6.04 Å².